The topological polar surface area (TPSA) is 79.6 Å². The molecule has 0 aliphatic carbocycles. The second-order valence-corrected chi connectivity index (χ2v) is 3.36. The predicted octanol–water partition coefficient (Wildman–Crippen LogP) is 1.06. The van der Waals surface area contributed by atoms with E-state index in [1.54, 1.807) is 12.3 Å². The first kappa shape index (κ1) is 8.06. The minimum atomic E-state index is 0.553. The first-order valence-electron chi connectivity index (χ1n) is 3.79. The molecule has 2 rings (SSSR count). The summed E-state index contributed by atoms with van der Waals surface area (Å²) in [5.41, 5.74) is 6.50. The zero-order valence-corrected chi connectivity index (χ0v) is 7.64. The van der Waals surface area contributed by atoms with Gasteiger partial charge >= 0.3 is 0 Å². The van der Waals surface area contributed by atoms with Crippen molar-refractivity contribution in [3.05, 3.63) is 24.0 Å². The van der Waals surface area contributed by atoms with Crippen molar-refractivity contribution < 1.29 is 0 Å². The van der Waals surface area contributed by atoms with E-state index < -0.39 is 0 Å². The van der Waals surface area contributed by atoms with Crippen molar-refractivity contribution in [1.29, 1.82) is 0 Å². The summed E-state index contributed by atoms with van der Waals surface area (Å²) in [6.45, 7) is 0.710. The Morgan fingerprint density at radius 3 is 3.15 bits per heavy atom. The van der Waals surface area contributed by atoms with E-state index in [1.807, 2.05) is 6.07 Å². The molecule has 2 heterocycles. The van der Waals surface area contributed by atoms with Gasteiger partial charge in [-0.1, -0.05) is 0 Å². The summed E-state index contributed by atoms with van der Waals surface area (Å²) in [7, 11) is 0. The van der Waals surface area contributed by atoms with Crippen LogP contribution in [-0.4, -0.2) is 14.6 Å². The summed E-state index contributed by atoms with van der Waals surface area (Å²) in [5, 5.41) is 10.8. The molecule has 13 heavy (non-hydrogen) atoms. The second kappa shape index (κ2) is 3.44. The number of nitrogens with zero attached hydrogens (tertiary/aromatic N) is 2. The monoisotopic (exact) mass is 195 g/mol. The van der Waals surface area contributed by atoms with Crippen LogP contribution < -0.4 is 11.1 Å². The fourth-order valence-electron chi connectivity index (χ4n) is 0.938. The summed E-state index contributed by atoms with van der Waals surface area (Å²) >= 11 is 1.35. The molecule has 0 saturated heterocycles. The molecule has 2 aromatic heterocycles. The average molecular weight is 195 g/mol. The Hall–Kier alpha value is -1.56. The van der Waals surface area contributed by atoms with Crippen molar-refractivity contribution in [1.82, 2.24) is 14.6 Å². The highest BCUT2D eigenvalue weighted by atomic mass is 32.1. The van der Waals surface area contributed by atoms with Crippen LogP contribution in [0.3, 0.4) is 0 Å². The first-order chi connectivity index (χ1) is 6.34. The van der Waals surface area contributed by atoms with Crippen LogP contribution in [0.15, 0.2) is 18.3 Å². The second-order valence-electron chi connectivity index (χ2n) is 2.55. The largest absolute Gasteiger partial charge is 0.383 e. The number of aromatic amines is 1. The van der Waals surface area contributed by atoms with Crippen molar-refractivity contribution in [2.75, 3.05) is 11.1 Å². The van der Waals surface area contributed by atoms with E-state index in [-0.39, 0.29) is 0 Å². The zero-order valence-electron chi connectivity index (χ0n) is 6.82. The lowest BCUT2D eigenvalue weighted by atomic mass is 10.4. The highest BCUT2D eigenvalue weighted by molar-refractivity contribution is 7.10. The molecule has 4 N–H and O–H groups in total. The Bertz CT molecular complexity index is 366. The number of rotatable bonds is 3. The highest BCUT2D eigenvalue weighted by Crippen LogP contribution is 2.17. The number of H-pyrrole nitrogens is 1. The van der Waals surface area contributed by atoms with E-state index in [1.165, 1.54) is 11.5 Å². The molecule has 0 fully saturated rings. The number of anilines is 2. The SMILES string of the molecule is Nc1cc(NCc2ccn[nH]2)sn1. The van der Waals surface area contributed by atoms with Gasteiger partial charge in [0.05, 0.1) is 12.2 Å². The number of nitrogen functional groups attached to an aromatic ring is 1. The van der Waals surface area contributed by atoms with E-state index in [0.717, 1.165) is 10.7 Å². The number of aromatic nitrogens is 3. The average Bonchev–Trinajstić information content (AvgIpc) is 2.71. The van der Waals surface area contributed by atoms with Crippen molar-refractivity contribution in [3.8, 4) is 0 Å². The summed E-state index contributed by atoms with van der Waals surface area (Å²) in [5.74, 6) is 0.553. The normalized spacial score (nSPS) is 10.2. The van der Waals surface area contributed by atoms with Gasteiger partial charge in [-0.3, -0.25) is 5.10 Å². The summed E-state index contributed by atoms with van der Waals surface area (Å²) in [6.07, 6.45) is 1.72. The maximum absolute atomic E-state index is 5.47. The third-order valence-corrected chi connectivity index (χ3v) is 2.30. The predicted molar refractivity (Wildman–Crippen MR) is 52.4 cm³/mol. The quantitative estimate of drug-likeness (QED) is 0.684. The molecule has 0 radical (unpaired) electrons. The van der Waals surface area contributed by atoms with Gasteiger partial charge < -0.3 is 11.1 Å². The molecule has 0 amide bonds. The summed E-state index contributed by atoms with van der Waals surface area (Å²) in [6, 6.07) is 3.72. The lowest BCUT2D eigenvalue weighted by Crippen LogP contribution is -1.97. The number of nitrogens with two attached hydrogens (primary N) is 1. The van der Waals surface area contributed by atoms with Gasteiger partial charge in [-0.2, -0.15) is 9.47 Å². The van der Waals surface area contributed by atoms with Gasteiger partial charge in [0.25, 0.3) is 0 Å². The Morgan fingerprint density at radius 2 is 2.54 bits per heavy atom. The molecule has 0 aliphatic rings. The van der Waals surface area contributed by atoms with Crippen molar-refractivity contribution >= 4 is 22.4 Å². The molecule has 0 spiro atoms. The van der Waals surface area contributed by atoms with E-state index in [0.29, 0.717) is 12.4 Å². The van der Waals surface area contributed by atoms with E-state index in [9.17, 15) is 0 Å². The van der Waals surface area contributed by atoms with Gasteiger partial charge in [-0.05, 0) is 17.6 Å². The van der Waals surface area contributed by atoms with Crippen LogP contribution in [0.25, 0.3) is 0 Å². The van der Waals surface area contributed by atoms with Gasteiger partial charge in [-0.25, -0.2) is 0 Å². The van der Waals surface area contributed by atoms with Crippen LogP contribution >= 0.6 is 11.5 Å². The Labute approximate surface area is 79.1 Å². The lowest BCUT2D eigenvalue weighted by molar-refractivity contribution is 0.984. The fraction of sp³-hybridized carbons (Fsp3) is 0.143. The molecule has 0 saturated carbocycles. The van der Waals surface area contributed by atoms with Gasteiger partial charge in [-0.15, -0.1) is 0 Å². The molecule has 0 unspecified atom stereocenters. The molecule has 0 bridgehead atoms. The van der Waals surface area contributed by atoms with Crippen molar-refractivity contribution in [2.45, 2.75) is 6.54 Å². The minimum absolute atomic E-state index is 0.553. The maximum atomic E-state index is 5.47. The van der Waals surface area contributed by atoms with Crippen LogP contribution in [0.1, 0.15) is 5.69 Å². The molecular formula is C7H9N5S. The Morgan fingerprint density at radius 1 is 1.62 bits per heavy atom. The molecule has 0 aromatic carbocycles. The molecule has 0 atom stereocenters. The van der Waals surface area contributed by atoms with Crippen molar-refractivity contribution in [2.24, 2.45) is 0 Å². The van der Waals surface area contributed by atoms with Crippen LogP contribution in [0.2, 0.25) is 0 Å². The number of hydrogen-bond acceptors (Lipinski definition) is 5. The smallest absolute Gasteiger partial charge is 0.139 e. The first-order valence-corrected chi connectivity index (χ1v) is 4.56. The fourth-order valence-corrected chi connectivity index (χ4v) is 1.50. The maximum Gasteiger partial charge on any atom is 0.139 e. The van der Waals surface area contributed by atoms with Crippen molar-refractivity contribution in [3.63, 3.8) is 0 Å². The molecule has 68 valence electrons. The van der Waals surface area contributed by atoms with Gasteiger partial charge in [0.15, 0.2) is 0 Å². The third kappa shape index (κ3) is 1.97. The summed E-state index contributed by atoms with van der Waals surface area (Å²) in [4.78, 5) is 0. The molecule has 2 aromatic rings. The lowest BCUT2D eigenvalue weighted by Gasteiger charge is -1.98. The van der Waals surface area contributed by atoms with Crippen LogP contribution in [0.5, 0.6) is 0 Å². The Kier molecular flexibility index (Phi) is 2.13. The molecule has 5 nitrogen and oxygen atoms in total. The van der Waals surface area contributed by atoms with Gasteiger partial charge in [0, 0.05) is 12.3 Å². The molecule has 6 heteroatoms. The highest BCUT2D eigenvalue weighted by Gasteiger charge is 1.98. The summed E-state index contributed by atoms with van der Waals surface area (Å²) < 4.78 is 3.95. The van der Waals surface area contributed by atoms with Crippen LogP contribution in [-0.2, 0) is 6.54 Å². The van der Waals surface area contributed by atoms with Crippen LogP contribution in [0.4, 0.5) is 10.8 Å². The molecular weight excluding hydrogens is 186 g/mol. The Balaban J connectivity index is 1.93. The minimum Gasteiger partial charge on any atom is -0.383 e. The zero-order chi connectivity index (χ0) is 9.10. The number of nitrogens with one attached hydrogen (secondary N) is 2. The van der Waals surface area contributed by atoms with Gasteiger partial charge in [0.2, 0.25) is 0 Å². The van der Waals surface area contributed by atoms with E-state index in [4.69, 9.17) is 5.73 Å². The number of hydrogen-bond donors (Lipinski definition) is 3. The van der Waals surface area contributed by atoms with Crippen LogP contribution in [0, 0.1) is 0 Å². The van der Waals surface area contributed by atoms with E-state index in [2.05, 4.69) is 19.9 Å². The third-order valence-electron chi connectivity index (χ3n) is 1.54. The standard InChI is InChI=1S/C7H9N5S/c8-6-3-7(13-12-6)9-4-5-1-2-10-11-5/h1-3,9H,4H2,(H2,8,12)(H,10,11). The van der Waals surface area contributed by atoms with E-state index >= 15 is 0 Å². The molecule has 0 aliphatic heterocycles. The van der Waals surface area contributed by atoms with Gasteiger partial charge in [0.1, 0.15) is 10.8 Å².